The first-order valence-corrected chi connectivity index (χ1v) is 10.5. The number of benzene rings is 1. The molecule has 1 aromatic heterocycles. The summed E-state index contributed by atoms with van der Waals surface area (Å²) < 4.78 is 11.4. The van der Waals surface area contributed by atoms with Crippen LogP contribution in [0.15, 0.2) is 21.3 Å². The Morgan fingerprint density at radius 2 is 1.87 bits per heavy atom. The molecule has 0 unspecified atom stereocenters. The number of aliphatic carboxylic acids is 1. The van der Waals surface area contributed by atoms with Crippen molar-refractivity contribution in [3.8, 4) is 5.75 Å². The number of aryl methyl sites for hydroxylation is 2. The zero-order valence-electron chi connectivity index (χ0n) is 17.9. The molecule has 162 valence electrons. The summed E-state index contributed by atoms with van der Waals surface area (Å²) in [5, 5.41) is 12.9. The number of rotatable bonds is 7. The monoisotopic (exact) mass is 415 g/mol. The Morgan fingerprint density at radius 1 is 1.20 bits per heavy atom. The maximum Gasteiger partial charge on any atom is 0.339 e. The minimum atomic E-state index is -1.07. The van der Waals surface area contributed by atoms with Crippen LogP contribution in [0.2, 0.25) is 0 Å². The first-order valence-electron chi connectivity index (χ1n) is 10.5. The van der Waals surface area contributed by atoms with Crippen LogP contribution in [-0.4, -0.2) is 29.1 Å². The van der Waals surface area contributed by atoms with Crippen molar-refractivity contribution in [2.75, 3.05) is 0 Å². The highest BCUT2D eigenvalue weighted by molar-refractivity contribution is 5.88. The average molecular weight is 415 g/mol. The van der Waals surface area contributed by atoms with Gasteiger partial charge in [0, 0.05) is 16.5 Å². The maximum absolute atomic E-state index is 12.5. The van der Waals surface area contributed by atoms with Gasteiger partial charge in [-0.1, -0.05) is 20.3 Å². The van der Waals surface area contributed by atoms with Gasteiger partial charge >= 0.3 is 11.6 Å². The fraction of sp³-hybridized carbons (Fsp3) is 0.522. The normalized spacial score (nSPS) is 16.4. The second-order valence-corrected chi connectivity index (χ2v) is 8.09. The predicted octanol–water partition coefficient (Wildman–Crippen LogP) is 3.36. The summed E-state index contributed by atoms with van der Waals surface area (Å²) in [6.07, 6.45) is 3.34. The SMILES string of the molecule is CC[C@H](C)[C@H](NC(=O)[C@H](C)Oc1ccc2c3c(c(=O)oc2c1C)CCCC3)C(=O)O. The molecule has 0 saturated heterocycles. The Labute approximate surface area is 175 Å². The van der Waals surface area contributed by atoms with E-state index in [1.54, 1.807) is 26.8 Å². The molecule has 2 N–H and O–H groups in total. The lowest BCUT2D eigenvalue weighted by Gasteiger charge is -2.23. The third-order valence-corrected chi connectivity index (χ3v) is 6.04. The van der Waals surface area contributed by atoms with Crippen LogP contribution in [0.1, 0.15) is 56.7 Å². The van der Waals surface area contributed by atoms with Crippen molar-refractivity contribution >= 4 is 22.8 Å². The van der Waals surface area contributed by atoms with Crippen LogP contribution >= 0.6 is 0 Å². The van der Waals surface area contributed by atoms with E-state index in [1.165, 1.54) is 0 Å². The van der Waals surface area contributed by atoms with Crippen LogP contribution in [0.25, 0.3) is 11.0 Å². The second-order valence-electron chi connectivity index (χ2n) is 8.09. The highest BCUT2D eigenvalue weighted by Crippen LogP contribution is 2.33. The molecule has 30 heavy (non-hydrogen) atoms. The van der Waals surface area contributed by atoms with Gasteiger partial charge in [0.2, 0.25) is 0 Å². The molecule has 1 amide bonds. The van der Waals surface area contributed by atoms with Gasteiger partial charge in [0.05, 0.1) is 0 Å². The van der Waals surface area contributed by atoms with E-state index in [2.05, 4.69) is 5.32 Å². The smallest absolute Gasteiger partial charge is 0.339 e. The number of amides is 1. The summed E-state index contributed by atoms with van der Waals surface area (Å²) >= 11 is 0. The number of carbonyl (C=O) groups excluding carboxylic acids is 1. The largest absolute Gasteiger partial charge is 0.480 e. The van der Waals surface area contributed by atoms with Crippen molar-refractivity contribution in [1.82, 2.24) is 5.32 Å². The third kappa shape index (κ3) is 4.20. The van der Waals surface area contributed by atoms with Crippen LogP contribution < -0.4 is 15.7 Å². The molecule has 2 aromatic rings. The zero-order chi connectivity index (χ0) is 22.0. The predicted molar refractivity (Wildman–Crippen MR) is 113 cm³/mol. The molecule has 1 aliphatic carbocycles. The molecule has 3 atom stereocenters. The van der Waals surface area contributed by atoms with E-state index in [0.29, 0.717) is 23.3 Å². The summed E-state index contributed by atoms with van der Waals surface area (Å²) in [7, 11) is 0. The van der Waals surface area contributed by atoms with Gasteiger partial charge in [0.1, 0.15) is 17.4 Å². The molecule has 7 heteroatoms. The van der Waals surface area contributed by atoms with Gasteiger partial charge in [-0.3, -0.25) is 4.79 Å². The fourth-order valence-corrected chi connectivity index (χ4v) is 3.95. The highest BCUT2D eigenvalue weighted by atomic mass is 16.5. The van der Waals surface area contributed by atoms with Crippen molar-refractivity contribution in [2.45, 2.75) is 71.9 Å². The first-order chi connectivity index (χ1) is 14.2. The minimum Gasteiger partial charge on any atom is -0.480 e. The number of nitrogens with one attached hydrogen (secondary N) is 1. The molecule has 1 aliphatic rings. The lowest BCUT2D eigenvalue weighted by molar-refractivity contribution is -0.144. The van der Waals surface area contributed by atoms with E-state index < -0.39 is 24.0 Å². The lowest BCUT2D eigenvalue weighted by atomic mass is 9.90. The van der Waals surface area contributed by atoms with E-state index in [1.807, 2.05) is 13.0 Å². The van der Waals surface area contributed by atoms with Crippen molar-refractivity contribution in [1.29, 1.82) is 0 Å². The average Bonchev–Trinajstić information content (AvgIpc) is 2.73. The van der Waals surface area contributed by atoms with Crippen LogP contribution in [0.4, 0.5) is 0 Å². The quantitative estimate of drug-likeness (QED) is 0.672. The van der Waals surface area contributed by atoms with E-state index in [4.69, 9.17) is 9.15 Å². The Balaban J connectivity index is 1.85. The molecular weight excluding hydrogens is 386 g/mol. The number of carboxylic acid groups (broad SMARTS) is 1. The number of carbonyl (C=O) groups is 2. The molecule has 0 spiro atoms. The lowest BCUT2D eigenvalue weighted by Crippen LogP contribution is -2.49. The number of hydrogen-bond acceptors (Lipinski definition) is 5. The van der Waals surface area contributed by atoms with Crippen LogP contribution in [-0.2, 0) is 22.4 Å². The van der Waals surface area contributed by atoms with Crippen molar-refractivity contribution in [2.24, 2.45) is 5.92 Å². The van der Waals surface area contributed by atoms with Gasteiger partial charge in [0.15, 0.2) is 6.10 Å². The van der Waals surface area contributed by atoms with Gasteiger partial charge in [-0.05, 0) is 63.1 Å². The fourth-order valence-electron chi connectivity index (χ4n) is 3.95. The van der Waals surface area contributed by atoms with E-state index in [9.17, 15) is 19.5 Å². The van der Waals surface area contributed by atoms with Crippen molar-refractivity contribution in [3.05, 3.63) is 39.2 Å². The third-order valence-electron chi connectivity index (χ3n) is 6.04. The molecule has 0 fully saturated rings. The molecule has 1 heterocycles. The van der Waals surface area contributed by atoms with Crippen LogP contribution in [0, 0.1) is 12.8 Å². The topological polar surface area (TPSA) is 106 Å². The highest BCUT2D eigenvalue weighted by Gasteiger charge is 2.28. The Kier molecular flexibility index (Phi) is 6.48. The Morgan fingerprint density at radius 3 is 2.50 bits per heavy atom. The van der Waals surface area contributed by atoms with Gasteiger partial charge in [-0.15, -0.1) is 0 Å². The molecule has 0 bridgehead atoms. The second kappa shape index (κ2) is 8.90. The summed E-state index contributed by atoms with van der Waals surface area (Å²) in [6, 6.07) is 2.67. The molecule has 7 nitrogen and oxygen atoms in total. The van der Waals surface area contributed by atoms with E-state index in [-0.39, 0.29) is 11.5 Å². The number of fused-ring (bicyclic) bond motifs is 3. The number of ether oxygens (including phenoxy) is 1. The summed E-state index contributed by atoms with van der Waals surface area (Å²) in [4.78, 5) is 36.4. The Bertz CT molecular complexity index is 1020. The Hall–Kier alpha value is -2.83. The zero-order valence-corrected chi connectivity index (χ0v) is 17.9. The standard InChI is InChI=1S/C23H29NO6/c1-5-12(2)19(22(26)27)24-21(25)14(4)29-18-11-10-16-15-8-6-7-9-17(15)23(28)30-20(16)13(18)3/h10-12,14,19H,5-9H2,1-4H3,(H,24,25)(H,26,27)/t12-,14-,19-/m0/s1. The first kappa shape index (κ1) is 21.9. The molecule has 3 rings (SSSR count). The van der Waals surface area contributed by atoms with Crippen LogP contribution in [0.5, 0.6) is 5.75 Å². The van der Waals surface area contributed by atoms with Crippen molar-refractivity contribution in [3.63, 3.8) is 0 Å². The van der Waals surface area contributed by atoms with Gasteiger partial charge in [0.25, 0.3) is 5.91 Å². The summed E-state index contributed by atoms with van der Waals surface area (Å²) in [6.45, 7) is 7.01. The number of carboxylic acids is 1. The van der Waals surface area contributed by atoms with E-state index >= 15 is 0 Å². The number of hydrogen-bond donors (Lipinski definition) is 2. The molecule has 0 saturated carbocycles. The van der Waals surface area contributed by atoms with E-state index in [0.717, 1.165) is 42.2 Å². The summed E-state index contributed by atoms with van der Waals surface area (Å²) in [5.41, 5.74) is 2.63. The molecular formula is C23H29NO6. The van der Waals surface area contributed by atoms with Gasteiger partial charge in [-0.2, -0.15) is 0 Å². The minimum absolute atomic E-state index is 0.207. The van der Waals surface area contributed by atoms with Gasteiger partial charge < -0.3 is 19.6 Å². The molecule has 0 radical (unpaired) electrons. The van der Waals surface area contributed by atoms with Crippen LogP contribution in [0.3, 0.4) is 0 Å². The molecule has 0 aliphatic heterocycles. The van der Waals surface area contributed by atoms with Gasteiger partial charge in [-0.25, -0.2) is 9.59 Å². The summed E-state index contributed by atoms with van der Waals surface area (Å²) in [5.74, 6) is -1.35. The van der Waals surface area contributed by atoms with Crippen molar-refractivity contribution < 1.29 is 23.8 Å². The molecule has 1 aromatic carbocycles. The maximum atomic E-state index is 12.5.